The minimum atomic E-state index is -0.552. The van der Waals surface area contributed by atoms with Gasteiger partial charge in [0.05, 0.1) is 4.87 Å². The van der Waals surface area contributed by atoms with E-state index in [-0.39, 0.29) is 11.5 Å². The van der Waals surface area contributed by atoms with Gasteiger partial charge in [-0.15, -0.1) is 23.2 Å². The molecule has 0 saturated heterocycles. The standard InChI is InChI=1S/C11H22Cl2N2/c1-9(2)6-8(14-4)10(3,12)11(13,7-9)15-5/h8,14-15H,6-7H2,1-5H3. The number of rotatable bonds is 2. The zero-order chi connectivity index (χ0) is 11.9. The highest BCUT2D eigenvalue weighted by molar-refractivity contribution is 6.35. The molecule has 1 saturated carbocycles. The molecule has 4 heteroatoms. The third-order valence-corrected chi connectivity index (χ3v) is 5.05. The molecule has 0 aromatic carbocycles. The third-order valence-electron chi connectivity index (χ3n) is 3.65. The van der Waals surface area contributed by atoms with Gasteiger partial charge in [-0.2, -0.15) is 0 Å². The first kappa shape index (κ1) is 13.6. The van der Waals surface area contributed by atoms with Crippen LogP contribution in [0.2, 0.25) is 0 Å². The molecular weight excluding hydrogens is 231 g/mol. The van der Waals surface area contributed by atoms with E-state index < -0.39 is 9.87 Å². The zero-order valence-corrected chi connectivity index (χ0v) is 11.8. The molecule has 90 valence electrons. The van der Waals surface area contributed by atoms with Gasteiger partial charge in [-0.3, -0.25) is 0 Å². The molecule has 0 spiro atoms. The Hall–Kier alpha value is 0.500. The second kappa shape index (κ2) is 4.06. The van der Waals surface area contributed by atoms with Crippen LogP contribution in [-0.2, 0) is 0 Å². The van der Waals surface area contributed by atoms with Gasteiger partial charge in [-0.05, 0) is 39.3 Å². The normalized spacial score (nSPS) is 45.4. The van der Waals surface area contributed by atoms with Crippen LogP contribution in [-0.4, -0.2) is 30.0 Å². The quantitative estimate of drug-likeness (QED) is 0.583. The van der Waals surface area contributed by atoms with E-state index in [1.54, 1.807) is 0 Å². The Morgan fingerprint density at radius 3 is 2.07 bits per heavy atom. The van der Waals surface area contributed by atoms with Crippen LogP contribution < -0.4 is 10.6 Å². The predicted octanol–water partition coefficient (Wildman–Crippen LogP) is 2.55. The summed E-state index contributed by atoms with van der Waals surface area (Å²) in [6.07, 6.45) is 1.91. The van der Waals surface area contributed by atoms with Gasteiger partial charge in [-0.1, -0.05) is 13.8 Å². The lowest BCUT2D eigenvalue weighted by atomic mass is 9.67. The van der Waals surface area contributed by atoms with Crippen molar-refractivity contribution < 1.29 is 0 Å². The van der Waals surface area contributed by atoms with Crippen LogP contribution in [0, 0.1) is 5.41 Å². The zero-order valence-electron chi connectivity index (χ0n) is 10.2. The first-order valence-corrected chi connectivity index (χ1v) is 6.18. The molecule has 3 atom stereocenters. The van der Waals surface area contributed by atoms with E-state index in [4.69, 9.17) is 23.2 Å². The molecule has 0 radical (unpaired) electrons. The summed E-state index contributed by atoms with van der Waals surface area (Å²) < 4.78 is 0. The van der Waals surface area contributed by atoms with Gasteiger partial charge >= 0.3 is 0 Å². The summed E-state index contributed by atoms with van der Waals surface area (Å²) in [6.45, 7) is 6.48. The second-order valence-corrected chi connectivity index (χ2v) is 6.94. The van der Waals surface area contributed by atoms with Crippen molar-refractivity contribution in [2.45, 2.75) is 49.5 Å². The molecule has 1 aliphatic rings. The Morgan fingerprint density at radius 2 is 1.67 bits per heavy atom. The van der Waals surface area contributed by atoms with E-state index in [1.165, 1.54) is 0 Å². The highest BCUT2D eigenvalue weighted by atomic mass is 35.5. The van der Waals surface area contributed by atoms with Gasteiger partial charge in [0.15, 0.2) is 0 Å². The van der Waals surface area contributed by atoms with Crippen LogP contribution in [0.25, 0.3) is 0 Å². The Morgan fingerprint density at radius 1 is 1.13 bits per heavy atom. The molecular formula is C11H22Cl2N2. The van der Waals surface area contributed by atoms with Crippen molar-refractivity contribution in [3.05, 3.63) is 0 Å². The Balaban J connectivity index is 3.05. The fourth-order valence-corrected chi connectivity index (χ4v) is 3.47. The highest BCUT2D eigenvalue weighted by Crippen LogP contribution is 2.51. The van der Waals surface area contributed by atoms with Crippen molar-refractivity contribution in [1.29, 1.82) is 0 Å². The van der Waals surface area contributed by atoms with Crippen LogP contribution in [0.5, 0.6) is 0 Å². The highest BCUT2D eigenvalue weighted by Gasteiger charge is 2.56. The number of alkyl halides is 2. The molecule has 15 heavy (non-hydrogen) atoms. The van der Waals surface area contributed by atoms with Gasteiger partial charge in [0, 0.05) is 6.04 Å². The third kappa shape index (κ3) is 2.28. The largest absolute Gasteiger partial charge is 0.315 e. The van der Waals surface area contributed by atoms with E-state index in [9.17, 15) is 0 Å². The monoisotopic (exact) mass is 252 g/mol. The maximum atomic E-state index is 6.63. The lowest BCUT2D eigenvalue weighted by Crippen LogP contribution is -2.67. The second-order valence-electron chi connectivity index (χ2n) is 5.51. The smallest absolute Gasteiger partial charge is 0.114 e. The summed E-state index contributed by atoms with van der Waals surface area (Å²) in [6, 6.07) is 0.216. The SMILES string of the molecule is CNC1CC(C)(C)CC(Cl)(NC)C1(C)Cl. The molecule has 0 bridgehead atoms. The molecule has 3 unspecified atom stereocenters. The van der Waals surface area contributed by atoms with E-state index >= 15 is 0 Å². The van der Waals surface area contributed by atoms with E-state index in [1.807, 2.05) is 21.0 Å². The summed E-state index contributed by atoms with van der Waals surface area (Å²) in [5.74, 6) is 0. The van der Waals surface area contributed by atoms with Gasteiger partial charge in [0.1, 0.15) is 5.00 Å². The molecule has 0 aliphatic heterocycles. The Bertz CT molecular complexity index is 241. The number of nitrogens with one attached hydrogen (secondary N) is 2. The number of hydrogen-bond donors (Lipinski definition) is 2. The van der Waals surface area contributed by atoms with Crippen molar-refractivity contribution in [2.24, 2.45) is 5.41 Å². The molecule has 0 heterocycles. The maximum absolute atomic E-state index is 6.63. The summed E-state index contributed by atoms with van der Waals surface area (Å²) in [4.78, 5) is -1.03. The molecule has 1 fully saturated rings. The van der Waals surface area contributed by atoms with Crippen molar-refractivity contribution in [3.8, 4) is 0 Å². The van der Waals surface area contributed by atoms with Crippen LogP contribution in [0.1, 0.15) is 33.6 Å². The lowest BCUT2D eigenvalue weighted by Gasteiger charge is -2.54. The maximum Gasteiger partial charge on any atom is 0.114 e. The van der Waals surface area contributed by atoms with Crippen LogP contribution in [0.3, 0.4) is 0 Å². The average molecular weight is 253 g/mol. The first-order chi connectivity index (χ1) is 6.68. The minimum absolute atomic E-state index is 0.201. The summed E-state index contributed by atoms with van der Waals surface area (Å²) in [5.41, 5.74) is 0.201. The van der Waals surface area contributed by atoms with Gasteiger partial charge in [0.25, 0.3) is 0 Å². The number of hydrogen-bond acceptors (Lipinski definition) is 2. The molecule has 2 N–H and O–H groups in total. The first-order valence-electron chi connectivity index (χ1n) is 5.42. The van der Waals surface area contributed by atoms with E-state index in [2.05, 4.69) is 24.5 Å². The van der Waals surface area contributed by atoms with Crippen LogP contribution in [0.4, 0.5) is 0 Å². The molecule has 1 aliphatic carbocycles. The fourth-order valence-electron chi connectivity index (χ4n) is 2.63. The van der Waals surface area contributed by atoms with E-state index in [0.717, 1.165) is 12.8 Å². The lowest BCUT2D eigenvalue weighted by molar-refractivity contribution is 0.111. The number of halogens is 2. The predicted molar refractivity (Wildman–Crippen MR) is 67.8 cm³/mol. The van der Waals surface area contributed by atoms with Crippen molar-refractivity contribution in [3.63, 3.8) is 0 Å². The molecule has 0 aromatic heterocycles. The minimum Gasteiger partial charge on any atom is -0.315 e. The van der Waals surface area contributed by atoms with E-state index in [0.29, 0.717) is 0 Å². The van der Waals surface area contributed by atoms with Crippen molar-refractivity contribution in [1.82, 2.24) is 10.6 Å². The summed E-state index contributed by atoms with van der Waals surface area (Å²) in [7, 11) is 3.82. The average Bonchev–Trinajstić information content (AvgIpc) is 2.11. The Labute approximate surface area is 103 Å². The summed E-state index contributed by atoms with van der Waals surface area (Å²) in [5, 5.41) is 6.47. The molecule has 0 aromatic rings. The molecule has 0 amide bonds. The van der Waals surface area contributed by atoms with Gasteiger partial charge in [0.2, 0.25) is 0 Å². The molecule has 2 nitrogen and oxygen atoms in total. The van der Waals surface area contributed by atoms with Crippen molar-refractivity contribution >= 4 is 23.2 Å². The van der Waals surface area contributed by atoms with Gasteiger partial charge < -0.3 is 10.6 Å². The topological polar surface area (TPSA) is 24.1 Å². The summed E-state index contributed by atoms with van der Waals surface area (Å²) >= 11 is 13.2. The molecule has 1 rings (SSSR count). The fraction of sp³-hybridized carbons (Fsp3) is 1.00. The Kier molecular flexibility index (Phi) is 3.68. The van der Waals surface area contributed by atoms with Crippen LogP contribution in [0.15, 0.2) is 0 Å². The van der Waals surface area contributed by atoms with Crippen molar-refractivity contribution in [2.75, 3.05) is 14.1 Å². The van der Waals surface area contributed by atoms with Crippen LogP contribution >= 0.6 is 23.2 Å². The van der Waals surface area contributed by atoms with Gasteiger partial charge in [-0.25, -0.2) is 0 Å².